The third kappa shape index (κ3) is 6.57. The summed E-state index contributed by atoms with van der Waals surface area (Å²) in [5.74, 6) is -2.39. The van der Waals surface area contributed by atoms with Crippen molar-refractivity contribution in [2.45, 2.75) is 87.7 Å². The van der Waals surface area contributed by atoms with Crippen molar-refractivity contribution in [2.24, 2.45) is 5.92 Å². The van der Waals surface area contributed by atoms with Gasteiger partial charge in [-0.1, -0.05) is 50.3 Å². The summed E-state index contributed by atoms with van der Waals surface area (Å²) in [6.45, 7) is -0.0279. The lowest BCUT2D eigenvalue weighted by molar-refractivity contribution is -0.145. The molecule has 1 aromatic heterocycles. The van der Waals surface area contributed by atoms with E-state index >= 15 is 0 Å². The van der Waals surface area contributed by atoms with Crippen LogP contribution in [-0.2, 0) is 20.6 Å². The average Bonchev–Trinajstić information content (AvgIpc) is 3.31. The van der Waals surface area contributed by atoms with Crippen molar-refractivity contribution in [1.82, 2.24) is 15.2 Å². The molecule has 0 spiro atoms. The Kier molecular flexibility index (Phi) is 8.36. The molecule has 3 aromatic rings. The predicted molar refractivity (Wildman–Crippen MR) is 156 cm³/mol. The average molecular weight is 629 g/mol. The van der Waals surface area contributed by atoms with Crippen LogP contribution in [0.4, 0.5) is 18.9 Å². The second-order valence-corrected chi connectivity index (χ2v) is 12.2. The molecule has 2 amide bonds. The fraction of sp³-hybridized carbons (Fsp3) is 0.500. The zero-order chi connectivity index (χ0) is 31.8. The molecular weight excluding hydrogens is 593 g/mol. The number of oxazole rings is 1. The normalized spacial score (nSPS) is 27.9. The van der Waals surface area contributed by atoms with Gasteiger partial charge in [-0.15, -0.1) is 0 Å². The number of carbonyl (C=O) groups is 3. The molecule has 10 nitrogen and oxygen atoms in total. The highest BCUT2D eigenvalue weighted by atomic mass is 19.4. The Balaban J connectivity index is 1.29. The lowest BCUT2D eigenvalue weighted by Crippen LogP contribution is -2.55. The molecule has 2 saturated heterocycles. The van der Waals surface area contributed by atoms with E-state index in [1.807, 2.05) is 0 Å². The van der Waals surface area contributed by atoms with Gasteiger partial charge in [0.05, 0.1) is 12.1 Å². The Bertz CT molecular complexity index is 1540. The number of rotatable bonds is 5. The summed E-state index contributed by atoms with van der Waals surface area (Å²) in [6.07, 6.45) is 0.0753. The van der Waals surface area contributed by atoms with Crippen molar-refractivity contribution in [3.63, 3.8) is 0 Å². The van der Waals surface area contributed by atoms with Crippen molar-refractivity contribution in [3.8, 4) is 6.08 Å². The summed E-state index contributed by atoms with van der Waals surface area (Å²) in [4.78, 5) is 46.0. The highest BCUT2D eigenvalue weighted by Crippen LogP contribution is 2.47. The Hall–Kier alpha value is -4.29. The number of carboxylic acids is 1. The first-order valence-corrected chi connectivity index (χ1v) is 15.4. The number of carbonyl (C=O) groups excluding carboxylic acids is 2. The van der Waals surface area contributed by atoms with E-state index in [1.54, 1.807) is 24.3 Å². The number of alkyl halides is 3. The summed E-state index contributed by atoms with van der Waals surface area (Å²) in [5.41, 5.74) is -1.03. The summed E-state index contributed by atoms with van der Waals surface area (Å²) in [6, 6.07) is 9.72. The van der Waals surface area contributed by atoms with Gasteiger partial charge in [-0.3, -0.25) is 9.59 Å². The first-order chi connectivity index (χ1) is 21.5. The third-order valence-electron chi connectivity index (χ3n) is 9.10. The van der Waals surface area contributed by atoms with Gasteiger partial charge in [-0.2, -0.15) is 18.2 Å². The maximum Gasteiger partial charge on any atom is 0.416 e. The fourth-order valence-corrected chi connectivity index (χ4v) is 6.58. The first-order valence-electron chi connectivity index (χ1n) is 15.4. The van der Waals surface area contributed by atoms with E-state index in [-0.39, 0.29) is 30.6 Å². The summed E-state index contributed by atoms with van der Waals surface area (Å²) in [5, 5.41) is 15.8. The van der Waals surface area contributed by atoms with Gasteiger partial charge in [0.1, 0.15) is 29.2 Å². The van der Waals surface area contributed by atoms with Gasteiger partial charge in [-0.25, -0.2) is 4.79 Å². The summed E-state index contributed by atoms with van der Waals surface area (Å²) in [7, 11) is 0. The topological polar surface area (TPSA) is 134 Å². The molecule has 1 saturated carbocycles. The molecule has 5 atom stereocenters. The molecular formula is C32H35F3N4O6. The van der Waals surface area contributed by atoms with E-state index in [1.165, 1.54) is 17.0 Å². The van der Waals surface area contributed by atoms with Gasteiger partial charge in [0.2, 0.25) is 11.8 Å². The molecule has 3 aliphatic rings. The molecule has 2 aliphatic heterocycles. The standard InChI is InChI=1S/C32H35F3N4O6/c33-32(34,35)19-10-8-11-21(15-19)36-24-13-5-3-1-2-4-9-20-17-31(20,29(42)43)38-27(40)25-16-22(18-39(25)28(24)41)44-30-37-23-12-6-7-14-26(23)45-30/h6-8,10-12,14-15,20,22,24-25,36H,1-5,9,13,16-18H2,(H,38,40)(H,42,43)/t20-,22-,24+,25+,31-/m1/s1. The molecule has 1 aliphatic carbocycles. The highest BCUT2D eigenvalue weighted by Gasteiger charge is 2.62. The largest absolute Gasteiger partial charge is 0.479 e. The Morgan fingerprint density at radius 2 is 1.82 bits per heavy atom. The van der Waals surface area contributed by atoms with Gasteiger partial charge in [0.15, 0.2) is 5.58 Å². The van der Waals surface area contributed by atoms with Gasteiger partial charge in [0, 0.05) is 12.1 Å². The van der Waals surface area contributed by atoms with E-state index in [0.29, 0.717) is 36.8 Å². The van der Waals surface area contributed by atoms with Crippen LogP contribution in [0.2, 0.25) is 0 Å². The fourth-order valence-electron chi connectivity index (χ4n) is 6.58. The monoisotopic (exact) mass is 628 g/mol. The number of ether oxygens (including phenoxy) is 1. The van der Waals surface area contributed by atoms with Crippen molar-refractivity contribution in [2.75, 3.05) is 11.9 Å². The molecule has 45 heavy (non-hydrogen) atoms. The lowest BCUT2D eigenvalue weighted by Gasteiger charge is -2.30. The SMILES string of the molecule is O=C1N[C@]2(C(=O)O)C[C@H]2CCCCCCC[C@H](Nc2cccc(C(F)(F)F)c2)C(=O)N2C[C@H](Oc3nc4ccccc4o3)C[C@@H]12. The molecule has 3 fully saturated rings. The highest BCUT2D eigenvalue weighted by molar-refractivity contribution is 5.96. The van der Waals surface area contributed by atoms with E-state index < -0.39 is 53.2 Å². The number of nitrogens with zero attached hydrogens (tertiary/aromatic N) is 2. The number of amides is 2. The number of fused-ring (bicyclic) bond motifs is 3. The second kappa shape index (κ2) is 12.2. The van der Waals surface area contributed by atoms with Gasteiger partial charge >= 0.3 is 18.2 Å². The van der Waals surface area contributed by atoms with Crippen LogP contribution in [-0.4, -0.2) is 63.0 Å². The zero-order valence-electron chi connectivity index (χ0n) is 24.5. The number of nitrogens with one attached hydrogen (secondary N) is 2. The number of hydrogen-bond donors (Lipinski definition) is 3. The van der Waals surface area contributed by atoms with Crippen LogP contribution in [0.1, 0.15) is 63.4 Å². The molecule has 3 heterocycles. The summed E-state index contributed by atoms with van der Waals surface area (Å²) < 4.78 is 52.0. The Labute approximate surface area is 257 Å². The van der Waals surface area contributed by atoms with E-state index in [4.69, 9.17) is 9.15 Å². The number of aliphatic carboxylic acids is 1. The quantitative estimate of drug-likeness (QED) is 0.343. The molecule has 6 rings (SSSR count). The Morgan fingerprint density at radius 3 is 2.58 bits per heavy atom. The van der Waals surface area contributed by atoms with E-state index in [9.17, 15) is 32.7 Å². The maximum absolute atomic E-state index is 14.2. The molecule has 0 radical (unpaired) electrons. The number of hydrogen-bond acceptors (Lipinski definition) is 7. The number of halogens is 3. The first kappa shape index (κ1) is 30.7. The number of carboxylic acid groups (broad SMARTS) is 1. The minimum atomic E-state index is -4.56. The number of aromatic nitrogens is 1. The van der Waals surface area contributed by atoms with Crippen LogP contribution in [0, 0.1) is 5.92 Å². The van der Waals surface area contributed by atoms with Crippen LogP contribution in [0.5, 0.6) is 6.08 Å². The van der Waals surface area contributed by atoms with Crippen molar-refractivity contribution in [1.29, 1.82) is 0 Å². The third-order valence-corrected chi connectivity index (χ3v) is 9.10. The van der Waals surface area contributed by atoms with Gasteiger partial charge < -0.3 is 29.8 Å². The molecule has 2 aromatic carbocycles. The lowest BCUT2D eigenvalue weighted by atomic mass is 10.0. The van der Waals surface area contributed by atoms with Gasteiger partial charge in [0.25, 0.3) is 0 Å². The molecule has 240 valence electrons. The summed E-state index contributed by atoms with van der Waals surface area (Å²) >= 11 is 0. The van der Waals surface area contributed by atoms with Crippen LogP contribution in [0.3, 0.4) is 0 Å². The number of para-hydroxylation sites is 2. The van der Waals surface area contributed by atoms with Crippen LogP contribution in [0.15, 0.2) is 52.9 Å². The number of anilines is 1. The molecule has 0 unspecified atom stereocenters. The van der Waals surface area contributed by atoms with E-state index in [2.05, 4.69) is 15.6 Å². The maximum atomic E-state index is 14.2. The van der Waals surface area contributed by atoms with Crippen LogP contribution in [0.25, 0.3) is 11.1 Å². The van der Waals surface area contributed by atoms with Crippen molar-refractivity contribution in [3.05, 3.63) is 54.1 Å². The van der Waals surface area contributed by atoms with Crippen LogP contribution < -0.4 is 15.4 Å². The van der Waals surface area contributed by atoms with Crippen molar-refractivity contribution < 1.29 is 41.8 Å². The van der Waals surface area contributed by atoms with Crippen molar-refractivity contribution >= 4 is 34.6 Å². The smallest absolute Gasteiger partial charge is 0.416 e. The zero-order valence-corrected chi connectivity index (χ0v) is 24.5. The molecule has 0 bridgehead atoms. The van der Waals surface area contributed by atoms with E-state index in [0.717, 1.165) is 37.8 Å². The minimum absolute atomic E-state index is 0.0279. The molecule has 13 heteroatoms. The molecule has 3 N–H and O–H groups in total. The minimum Gasteiger partial charge on any atom is -0.479 e. The Morgan fingerprint density at radius 1 is 1.07 bits per heavy atom. The van der Waals surface area contributed by atoms with Gasteiger partial charge in [-0.05, 0) is 55.5 Å². The second-order valence-electron chi connectivity index (χ2n) is 12.2. The van der Waals surface area contributed by atoms with Crippen LogP contribution >= 0.6 is 0 Å². The number of benzene rings is 2. The predicted octanol–water partition coefficient (Wildman–Crippen LogP) is 5.38.